The number of aliphatic hydroxyl groups is 1. The Labute approximate surface area is 299 Å². The minimum Gasteiger partial charge on any atom is -0.508 e. The van der Waals surface area contributed by atoms with Gasteiger partial charge in [-0.15, -0.1) is 0 Å². The number of carboxylic acid groups (broad SMARTS) is 1. The summed E-state index contributed by atoms with van der Waals surface area (Å²) in [6.07, 6.45) is 1.40. The maximum atomic E-state index is 13.8. The minimum absolute atomic E-state index is 0.0238. The predicted molar refractivity (Wildman–Crippen MR) is 189 cm³/mol. The summed E-state index contributed by atoms with van der Waals surface area (Å²) >= 11 is 0. The lowest BCUT2D eigenvalue weighted by molar-refractivity contribution is -0.143. The highest BCUT2D eigenvalue weighted by Crippen LogP contribution is 2.14. The number of phenols is 1. The third-order valence-corrected chi connectivity index (χ3v) is 8.60. The van der Waals surface area contributed by atoms with Gasteiger partial charge in [-0.05, 0) is 88.1 Å². The van der Waals surface area contributed by atoms with Crippen molar-refractivity contribution in [1.29, 1.82) is 0 Å². The molecule has 11 N–H and O–H groups in total. The molecule has 1 aromatic rings. The molecule has 1 aromatic carbocycles. The molecule has 5 amide bonds. The number of aromatic hydroxyl groups is 1. The molecule has 1 aliphatic heterocycles. The standard InChI is InChI=1S/C35H57N7O9/c1-19(2)17-26(33(48)41-28(20(3)4)35(50)51)39-32(47)27(18-22-11-13-23(44)14-12-22)40-34(49)29(21(5)43)42-31(46)25(9-6-7-15-36)38-30(45)24-10-8-16-37-24/h11-14,19-21,24-29,37,43-44H,6-10,15-18,36H2,1-5H3,(H,38,45)(H,39,47)(H,40,49)(H,41,48)(H,42,46)(H,50,51)/t21-,24+,25+,26+,27+,28+,29+/m1/s1. The van der Waals surface area contributed by atoms with Gasteiger partial charge in [-0.25, -0.2) is 4.79 Å². The molecular formula is C35H57N7O9. The second-order valence-electron chi connectivity index (χ2n) is 13.9. The predicted octanol–water partition coefficient (Wildman–Crippen LogP) is -0.593. The van der Waals surface area contributed by atoms with Gasteiger partial charge in [0.05, 0.1) is 12.1 Å². The SMILES string of the molecule is CC(C)C[C@H](NC(=O)[C@H](Cc1ccc(O)cc1)NC(=O)[C@@H](NC(=O)[C@H](CCCCN)NC(=O)[C@@H]1CCCN1)[C@@H](C)O)C(=O)N[C@H](C(=O)O)C(C)C. The van der Waals surface area contributed by atoms with E-state index < -0.39 is 77.9 Å². The van der Waals surface area contributed by atoms with Gasteiger partial charge in [0.2, 0.25) is 29.5 Å². The van der Waals surface area contributed by atoms with Gasteiger partial charge >= 0.3 is 5.97 Å². The first-order valence-electron chi connectivity index (χ1n) is 17.7. The minimum atomic E-state index is -1.54. The van der Waals surface area contributed by atoms with Crippen LogP contribution in [0, 0.1) is 11.8 Å². The molecule has 7 atom stereocenters. The Balaban J connectivity index is 2.33. The number of carbonyl (C=O) groups is 6. The van der Waals surface area contributed by atoms with Crippen molar-refractivity contribution in [2.24, 2.45) is 17.6 Å². The number of unbranched alkanes of at least 4 members (excludes halogenated alkanes) is 1. The van der Waals surface area contributed by atoms with E-state index in [2.05, 4.69) is 31.9 Å². The fourth-order valence-corrected chi connectivity index (χ4v) is 5.68. The Morgan fingerprint density at radius 2 is 1.39 bits per heavy atom. The summed E-state index contributed by atoms with van der Waals surface area (Å²) in [6, 6.07) is -0.818. The van der Waals surface area contributed by atoms with Crippen molar-refractivity contribution in [3.05, 3.63) is 29.8 Å². The van der Waals surface area contributed by atoms with Crippen LogP contribution < -0.4 is 37.6 Å². The zero-order valence-corrected chi connectivity index (χ0v) is 30.2. The van der Waals surface area contributed by atoms with Gasteiger partial charge in [0.15, 0.2) is 0 Å². The second-order valence-corrected chi connectivity index (χ2v) is 13.9. The Morgan fingerprint density at radius 1 is 0.804 bits per heavy atom. The quantitative estimate of drug-likeness (QED) is 0.0718. The summed E-state index contributed by atoms with van der Waals surface area (Å²) < 4.78 is 0. The molecule has 51 heavy (non-hydrogen) atoms. The number of carbonyl (C=O) groups excluding carboxylic acids is 5. The largest absolute Gasteiger partial charge is 0.508 e. The lowest BCUT2D eigenvalue weighted by Crippen LogP contribution is -2.61. The number of hydrogen-bond acceptors (Lipinski definition) is 10. The molecule has 0 aliphatic carbocycles. The smallest absolute Gasteiger partial charge is 0.326 e. The molecule has 16 heteroatoms. The number of phenolic OH excluding ortho intramolecular Hbond substituents is 1. The summed E-state index contributed by atoms with van der Waals surface area (Å²) in [7, 11) is 0. The molecule has 0 aromatic heterocycles. The van der Waals surface area contributed by atoms with Crippen LogP contribution in [0.2, 0.25) is 0 Å². The first-order chi connectivity index (χ1) is 24.0. The molecule has 0 spiro atoms. The summed E-state index contributed by atoms with van der Waals surface area (Å²) in [5, 5.41) is 46.1. The van der Waals surface area contributed by atoms with Crippen molar-refractivity contribution in [2.45, 2.75) is 122 Å². The van der Waals surface area contributed by atoms with E-state index in [0.29, 0.717) is 37.9 Å². The van der Waals surface area contributed by atoms with Gasteiger partial charge in [0.1, 0.15) is 36.0 Å². The number of benzene rings is 1. The molecule has 1 fully saturated rings. The number of aliphatic hydroxyl groups excluding tert-OH is 1. The van der Waals surface area contributed by atoms with E-state index in [4.69, 9.17) is 5.73 Å². The third kappa shape index (κ3) is 14.5. The highest BCUT2D eigenvalue weighted by atomic mass is 16.4. The molecule has 0 radical (unpaired) electrons. The van der Waals surface area contributed by atoms with E-state index >= 15 is 0 Å². The first-order valence-corrected chi connectivity index (χ1v) is 17.7. The normalized spacial score (nSPS) is 17.8. The van der Waals surface area contributed by atoms with E-state index in [1.54, 1.807) is 26.0 Å². The lowest BCUT2D eigenvalue weighted by atomic mass is 9.99. The van der Waals surface area contributed by atoms with Crippen LogP contribution in [-0.4, -0.2) is 106 Å². The highest BCUT2D eigenvalue weighted by Gasteiger charge is 2.35. The van der Waals surface area contributed by atoms with E-state index in [1.807, 2.05) is 13.8 Å². The van der Waals surface area contributed by atoms with Crippen molar-refractivity contribution >= 4 is 35.5 Å². The highest BCUT2D eigenvalue weighted by molar-refractivity contribution is 5.96. The Hall–Kier alpha value is -4.28. The Morgan fingerprint density at radius 3 is 1.92 bits per heavy atom. The van der Waals surface area contributed by atoms with Crippen LogP contribution in [0.25, 0.3) is 0 Å². The van der Waals surface area contributed by atoms with Gasteiger partial charge in [0, 0.05) is 6.42 Å². The van der Waals surface area contributed by atoms with Crippen molar-refractivity contribution in [2.75, 3.05) is 13.1 Å². The molecule has 1 aliphatic rings. The topological polar surface area (TPSA) is 261 Å². The molecule has 0 bridgehead atoms. The van der Waals surface area contributed by atoms with Gasteiger partial charge in [0.25, 0.3) is 0 Å². The number of nitrogens with one attached hydrogen (secondary N) is 6. The molecule has 2 rings (SSSR count). The van der Waals surface area contributed by atoms with Gasteiger partial charge in [-0.3, -0.25) is 24.0 Å². The third-order valence-electron chi connectivity index (χ3n) is 8.60. The fraction of sp³-hybridized carbons (Fsp3) is 0.657. The Kier molecular flexibility index (Phi) is 17.8. The van der Waals surface area contributed by atoms with Crippen LogP contribution in [0.1, 0.15) is 78.7 Å². The van der Waals surface area contributed by atoms with E-state index in [0.717, 1.165) is 6.42 Å². The number of nitrogens with two attached hydrogens (primary N) is 1. The van der Waals surface area contributed by atoms with Crippen molar-refractivity contribution in [3.8, 4) is 5.75 Å². The average molecular weight is 720 g/mol. The number of amides is 5. The van der Waals surface area contributed by atoms with Crippen LogP contribution in [0.3, 0.4) is 0 Å². The van der Waals surface area contributed by atoms with Crippen molar-refractivity contribution in [3.63, 3.8) is 0 Å². The number of aliphatic carboxylic acids is 1. The summed E-state index contributed by atoms with van der Waals surface area (Å²) in [4.78, 5) is 79.0. The van der Waals surface area contributed by atoms with Gasteiger partial charge in [-0.1, -0.05) is 39.8 Å². The zero-order chi connectivity index (χ0) is 38.2. The van der Waals surface area contributed by atoms with E-state index in [-0.39, 0.29) is 36.8 Å². The Bertz CT molecular complexity index is 1320. The van der Waals surface area contributed by atoms with Gasteiger partial charge < -0.3 is 53.0 Å². The average Bonchev–Trinajstić information content (AvgIpc) is 3.60. The zero-order valence-electron chi connectivity index (χ0n) is 30.2. The van der Waals surface area contributed by atoms with Gasteiger partial charge in [-0.2, -0.15) is 0 Å². The van der Waals surface area contributed by atoms with Crippen LogP contribution in [0.15, 0.2) is 24.3 Å². The maximum absolute atomic E-state index is 13.8. The summed E-state index contributed by atoms with van der Waals surface area (Å²) in [5.41, 5.74) is 6.16. The molecule has 1 heterocycles. The van der Waals surface area contributed by atoms with E-state index in [1.165, 1.54) is 19.1 Å². The molecular weight excluding hydrogens is 662 g/mol. The molecule has 0 saturated carbocycles. The summed E-state index contributed by atoms with van der Waals surface area (Å²) in [6.45, 7) is 9.27. The fourth-order valence-electron chi connectivity index (χ4n) is 5.68. The van der Waals surface area contributed by atoms with Crippen LogP contribution in [-0.2, 0) is 35.2 Å². The number of carboxylic acids is 1. The lowest BCUT2D eigenvalue weighted by Gasteiger charge is -2.29. The maximum Gasteiger partial charge on any atom is 0.326 e. The molecule has 286 valence electrons. The molecule has 1 saturated heterocycles. The molecule has 16 nitrogen and oxygen atoms in total. The number of hydrogen-bond donors (Lipinski definition) is 10. The number of rotatable bonds is 21. The monoisotopic (exact) mass is 719 g/mol. The van der Waals surface area contributed by atoms with Crippen LogP contribution in [0.5, 0.6) is 5.75 Å². The van der Waals surface area contributed by atoms with Crippen molar-refractivity contribution in [1.82, 2.24) is 31.9 Å². The van der Waals surface area contributed by atoms with Crippen LogP contribution >= 0.6 is 0 Å². The molecule has 0 unspecified atom stereocenters. The first kappa shape index (κ1) is 42.9. The second kappa shape index (κ2) is 21.2. The van der Waals surface area contributed by atoms with Crippen LogP contribution in [0.4, 0.5) is 0 Å². The van der Waals surface area contributed by atoms with Crippen molar-refractivity contribution < 1.29 is 44.1 Å². The van der Waals surface area contributed by atoms with E-state index in [9.17, 15) is 44.1 Å². The summed E-state index contributed by atoms with van der Waals surface area (Å²) in [5.74, 6) is -5.24.